The molecule has 0 radical (unpaired) electrons. The van der Waals surface area contributed by atoms with Gasteiger partial charge in [-0.15, -0.1) is 12.4 Å². The van der Waals surface area contributed by atoms with Gasteiger partial charge in [-0.3, -0.25) is 4.79 Å². The summed E-state index contributed by atoms with van der Waals surface area (Å²) in [6.07, 6.45) is 2.17. The van der Waals surface area contributed by atoms with Crippen molar-refractivity contribution in [3.63, 3.8) is 0 Å². The van der Waals surface area contributed by atoms with Crippen LogP contribution in [0.25, 0.3) is 0 Å². The Bertz CT molecular complexity index is 476. The minimum absolute atomic E-state index is 0. The highest BCUT2D eigenvalue weighted by atomic mass is 79.9. The first-order valence-corrected chi connectivity index (χ1v) is 8.01. The summed E-state index contributed by atoms with van der Waals surface area (Å²) in [5, 5.41) is 6.62. The molecule has 2 N–H and O–H groups in total. The third-order valence-electron chi connectivity index (χ3n) is 4.21. The highest BCUT2D eigenvalue weighted by Crippen LogP contribution is 2.25. The molecule has 0 bridgehead atoms. The van der Waals surface area contributed by atoms with E-state index in [2.05, 4.69) is 33.5 Å². The molecule has 3 nitrogen and oxygen atoms in total. The molecule has 1 aromatic rings. The third-order valence-corrected chi connectivity index (χ3v) is 4.74. The Morgan fingerprint density at radius 3 is 2.52 bits per heavy atom. The average Bonchev–Trinajstić information content (AvgIpc) is 2.41. The second-order valence-corrected chi connectivity index (χ2v) is 7.01. The van der Waals surface area contributed by atoms with Crippen molar-refractivity contribution in [2.45, 2.75) is 51.1 Å². The first-order valence-electron chi connectivity index (χ1n) is 7.21. The van der Waals surface area contributed by atoms with Crippen LogP contribution >= 0.6 is 28.3 Å². The second kappa shape index (κ2) is 7.61. The zero-order valence-corrected chi connectivity index (χ0v) is 15.2. The minimum Gasteiger partial charge on any atom is -0.351 e. The Balaban J connectivity index is 0.00000220. The maximum absolute atomic E-state index is 12.6. The lowest BCUT2D eigenvalue weighted by Crippen LogP contribution is -2.55. The number of rotatable bonds is 3. The number of nitrogens with one attached hydrogen (secondary N) is 2. The van der Waals surface area contributed by atoms with Gasteiger partial charge in [0.2, 0.25) is 5.91 Å². The van der Waals surface area contributed by atoms with Crippen LogP contribution in [0, 0.1) is 0 Å². The van der Waals surface area contributed by atoms with Crippen molar-refractivity contribution < 1.29 is 4.79 Å². The quantitative estimate of drug-likeness (QED) is 0.850. The summed E-state index contributed by atoms with van der Waals surface area (Å²) in [5.74, 6) is 0.0976. The van der Waals surface area contributed by atoms with Gasteiger partial charge in [-0.25, -0.2) is 0 Å². The number of halogens is 2. The molecule has 2 atom stereocenters. The number of hydrogen-bond acceptors (Lipinski definition) is 2. The fourth-order valence-electron chi connectivity index (χ4n) is 2.59. The maximum Gasteiger partial charge on any atom is 0.230 e. The molecule has 2 unspecified atom stereocenters. The van der Waals surface area contributed by atoms with Gasteiger partial charge in [0.05, 0.1) is 5.41 Å². The van der Waals surface area contributed by atoms with Gasteiger partial charge >= 0.3 is 0 Å². The SMILES string of the molecule is CC1NCCCC1NC(=O)C(C)(C)c1ccc(Br)cc1.Cl. The summed E-state index contributed by atoms with van der Waals surface area (Å²) in [4.78, 5) is 12.6. The molecule has 1 amide bonds. The lowest BCUT2D eigenvalue weighted by atomic mass is 9.83. The van der Waals surface area contributed by atoms with Crippen LogP contribution in [0.5, 0.6) is 0 Å². The summed E-state index contributed by atoms with van der Waals surface area (Å²) in [5.41, 5.74) is 0.521. The molecule has 0 aromatic heterocycles. The van der Waals surface area contributed by atoms with Crippen LogP contribution in [-0.2, 0) is 10.2 Å². The van der Waals surface area contributed by atoms with Crippen molar-refractivity contribution in [1.82, 2.24) is 10.6 Å². The highest BCUT2D eigenvalue weighted by Gasteiger charge is 2.32. The van der Waals surface area contributed by atoms with E-state index in [1.54, 1.807) is 0 Å². The Morgan fingerprint density at radius 1 is 1.33 bits per heavy atom. The third kappa shape index (κ3) is 4.44. The predicted octanol–water partition coefficient (Wildman–Crippen LogP) is 3.41. The topological polar surface area (TPSA) is 41.1 Å². The molecular weight excluding hydrogens is 352 g/mol. The molecule has 0 saturated carbocycles. The minimum atomic E-state index is -0.516. The predicted molar refractivity (Wildman–Crippen MR) is 93.0 cm³/mol. The van der Waals surface area contributed by atoms with Crippen molar-refractivity contribution >= 4 is 34.2 Å². The second-order valence-electron chi connectivity index (χ2n) is 6.10. The summed E-state index contributed by atoms with van der Waals surface area (Å²) < 4.78 is 1.03. The van der Waals surface area contributed by atoms with Crippen molar-refractivity contribution in [2.24, 2.45) is 0 Å². The first kappa shape index (κ1) is 18.5. The van der Waals surface area contributed by atoms with Gasteiger partial charge in [-0.05, 0) is 57.9 Å². The van der Waals surface area contributed by atoms with Crippen LogP contribution in [0.4, 0.5) is 0 Å². The Morgan fingerprint density at radius 2 is 1.95 bits per heavy atom. The van der Waals surface area contributed by atoms with Crippen molar-refractivity contribution in [3.05, 3.63) is 34.3 Å². The molecule has 0 aliphatic carbocycles. The maximum atomic E-state index is 12.6. The van der Waals surface area contributed by atoms with Gasteiger partial charge in [0.1, 0.15) is 0 Å². The van der Waals surface area contributed by atoms with E-state index in [9.17, 15) is 4.79 Å². The largest absolute Gasteiger partial charge is 0.351 e. The van der Waals surface area contributed by atoms with E-state index < -0.39 is 5.41 Å². The summed E-state index contributed by atoms with van der Waals surface area (Å²) in [6, 6.07) is 8.54. The van der Waals surface area contributed by atoms with Gasteiger partial charge in [0.25, 0.3) is 0 Å². The van der Waals surface area contributed by atoms with E-state index in [0.717, 1.165) is 29.4 Å². The van der Waals surface area contributed by atoms with Crippen LogP contribution in [-0.4, -0.2) is 24.5 Å². The molecule has 2 rings (SSSR count). The molecule has 21 heavy (non-hydrogen) atoms. The highest BCUT2D eigenvalue weighted by molar-refractivity contribution is 9.10. The summed E-state index contributed by atoms with van der Waals surface area (Å²) in [7, 11) is 0. The van der Waals surface area contributed by atoms with E-state index in [4.69, 9.17) is 0 Å². The fourth-order valence-corrected chi connectivity index (χ4v) is 2.85. The number of carbonyl (C=O) groups excluding carboxylic acids is 1. The van der Waals surface area contributed by atoms with Gasteiger partial charge in [-0.1, -0.05) is 28.1 Å². The number of hydrogen-bond donors (Lipinski definition) is 2. The van der Waals surface area contributed by atoms with E-state index in [1.165, 1.54) is 0 Å². The van der Waals surface area contributed by atoms with E-state index in [1.807, 2.05) is 38.1 Å². The average molecular weight is 376 g/mol. The lowest BCUT2D eigenvalue weighted by molar-refractivity contribution is -0.126. The zero-order valence-electron chi connectivity index (χ0n) is 12.8. The number of piperidine rings is 1. The molecule has 1 saturated heterocycles. The van der Waals surface area contributed by atoms with Gasteiger partial charge in [-0.2, -0.15) is 0 Å². The standard InChI is InChI=1S/C16H23BrN2O.ClH/c1-11-14(5-4-10-18-11)19-15(20)16(2,3)12-6-8-13(17)9-7-12;/h6-9,11,14,18H,4-5,10H2,1-3H3,(H,19,20);1H. The monoisotopic (exact) mass is 374 g/mol. The van der Waals surface area contributed by atoms with Crippen LogP contribution in [0.1, 0.15) is 39.2 Å². The molecule has 1 heterocycles. The molecule has 5 heteroatoms. The number of benzene rings is 1. The summed E-state index contributed by atoms with van der Waals surface area (Å²) >= 11 is 3.43. The lowest BCUT2D eigenvalue weighted by Gasteiger charge is -2.34. The van der Waals surface area contributed by atoms with Crippen LogP contribution in [0.2, 0.25) is 0 Å². The van der Waals surface area contributed by atoms with E-state index >= 15 is 0 Å². The molecule has 0 spiro atoms. The Kier molecular flexibility index (Phi) is 6.70. The molecule has 1 aliphatic rings. The normalized spacial score (nSPS) is 22.3. The molecular formula is C16H24BrClN2O. The molecule has 118 valence electrons. The van der Waals surface area contributed by atoms with Crippen LogP contribution in [0.15, 0.2) is 28.7 Å². The number of amides is 1. The van der Waals surface area contributed by atoms with Crippen molar-refractivity contribution in [2.75, 3.05) is 6.54 Å². The van der Waals surface area contributed by atoms with Crippen molar-refractivity contribution in [1.29, 1.82) is 0 Å². The number of carbonyl (C=O) groups is 1. The van der Waals surface area contributed by atoms with Gasteiger partial charge in [0, 0.05) is 16.6 Å². The van der Waals surface area contributed by atoms with E-state index in [0.29, 0.717) is 6.04 Å². The molecule has 1 fully saturated rings. The molecule has 1 aromatic carbocycles. The van der Waals surface area contributed by atoms with Crippen molar-refractivity contribution in [3.8, 4) is 0 Å². The fraction of sp³-hybridized carbons (Fsp3) is 0.562. The Hall–Kier alpha value is -0.580. The van der Waals surface area contributed by atoms with Crippen LogP contribution in [0.3, 0.4) is 0 Å². The summed E-state index contributed by atoms with van der Waals surface area (Å²) in [6.45, 7) is 7.14. The smallest absolute Gasteiger partial charge is 0.230 e. The zero-order chi connectivity index (χ0) is 14.8. The Labute approximate surface area is 141 Å². The van der Waals surface area contributed by atoms with Crippen LogP contribution < -0.4 is 10.6 Å². The molecule has 1 aliphatic heterocycles. The van der Waals surface area contributed by atoms with E-state index in [-0.39, 0.29) is 24.4 Å². The van der Waals surface area contributed by atoms with Gasteiger partial charge in [0.15, 0.2) is 0 Å². The van der Waals surface area contributed by atoms with Gasteiger partial charge < -0.3 is 10.6 Å². The first-order chi connectivity index (χ1) is 9.41.